The summed E-state index contributed by atoms with van der Waals surface area (Å²) in [5.74, 6) is 0.479. The van der Waals surface area contributed by atoms with Gasteiger partial charge in [0.25, 0.3) is 17.6 Å². The monoisotopic (exact) mass is 547 g/mol. The minimum Gasteiger partial charge on any atom is -0.484 e. The summed E-state index contributed by atoms with van der Waals surface area (Å²) in [4.78, 5) is 27.4. The number of pyridine rings is 1. The Hall–Kier alpha value is -4.42. The van der Waals surface area contributed by atoms with Crippen LogP contribution in [0.5, 0.6) is 11.6 Å². The lowest BCUT2D eigenvalue weighted by Crippen LogP contribution is -2.35. The van der Waals surface area contributed by atoms with Gasteiger partial charge in [0.15, 0.2) is 5.75 Å². The van der Waals surface area contributed by atoms with Crippen molar-refractivity contribution in [2.75, 3.05) is 18.5 Å². The smallest absolute Gasteiger partial charge is 0.293 e. The average molecular weight is 548 g/mol. The van der Waals surface area contributed by atoms with Gasteiger partial charge in [0.2, 0.25) is 5.95 Å². The van der Waals surface area contributed by atoms with Crippen molar-refractivity contribution >= 4 is 22.8 Å². The van der Waals surface area contributed by atoms with E-state index in [4.69, 9.17) is 9.47 Å². The first kappa shape index (κ1) is 25.8. The largest absolute Gasteiger partial charge is 0.484 e. The van der Waals surface area contributed by atoms with Crippen molar-refractivity contribution in [2.45, 2.75) is 64.6 Å². The molecule has 3 aromatic heterocycles. The molecule has 1 saturated carbocycles. The first-order chi connectivity index (χ1) is 19.2. The molecule has 6 rings (SSSR count). The number of halogens is 1. The average Bonchev–Trinajstić information content (AvgIpc) is 3.59. The molecule has 0 bridgehead atoms. The third-order valence-corrected chi connectivity index (χ3v) is 7.03. The summed E-state index contributed by atoms with van der Waals surface area (Å²) < 4.78 is 27.1. The van der Waals surface area contributed by atoms with Crippen LogP contribution in [0.1, 0.15) is 56.3 Å². The third-order valence-electron chi connectivity index (χ3n) is 7.03. The summed E-state index contributed by atoms with van der Waals surface area (Å²) in [6.45, 7) is 8.35. The molecule has 13 heteroatoms. The summed E-state index contributed by atoms with van der Waals surface area (Å²) in [5, 5.41) is 18.8. The Balaban J connectivity index is 1.16. The molecule has 4 aromatic rings. The zero-order valence-electron chi connectivity index (χ0n) is 22.7. The van der Waals surface area contributed by atoms with Crippen LogP contribution in [-0.2, 0) is 5.54 Å². The van der Waals surface area contributed by atoms with E-state index in [2.05, 4.69) is 41.0 Å². The summed E-state index contributed by atoms with van der Waals surface area (Å²) in [6, 6.07) is 5.17. The van der Waals surface area contributed by atoms with E-state index >= 15 is 4.39 Å². The fourth-order valence-electron chi connectivity index (χ4n) is 5.06. The Morgan fingerprint density at radius 1 is 1.07 bits per heavy atom. The number of amides is 1. The van der Waals surface area contributed by atoms with Gasteiger partial charge in [-0.3, -0.25) is 4.79 Å². The molecule has 1 amide bonds. The predicted molar refractivity (Wildman–Crippen MR) is 144 cm³/mol. The second kappa shape index (κ2) is 9.96. The van der Waals surface area contributed by atoms with Crippen molar-refractivity contribution in [3.8, 4) is 22.8 Å². The molecule has 1 aliphatic carbocycles. The highest BCUT2D eigenvalue weighted by molar-refractivity contribution is 5.90. The Labute approximate surface area is 229 Å². The van der Waals surface area contributed by atoms with Crippen LogP contribution < -0.4 is 20.1 Å². The van der Waals surface area contributed by atoms with Gasteiger partial charge in [0, 0.05) is 29.4 Å². The van der Waals surface area contributed by atoms with Crippen LogP contribution in [0.3, 0.4) is 0 Å². The first-order valence-corrected chi connectivity index (χ1v) is 13.3. The van der Waals surface area contributed by atoms with Crippen LogP contribution >= 0.6 is 0 Å². The van der Waals surface area contributed by atoms with Crippen LogP contribution in [0, 0.1) is 12.7 Å². The van der Waals surface area contributed by atoms with Gasteiger partial charge in [-0.05, 0) is 70.4 Å². The van der Waals surface area contributed by atoms with E-state index in [0.29, 0.717) is 64.9 Å². The van der Waals surface area contributed by atoms with Crippen molar-refractivity contribution in [1.29, 1.82) is 0 Å². The van der Waals surface area contributed by atoms with Gasteiger partial charge in [0.05, 0.1) is 22.1 Å². The lowest BCUT2D eigenvalue weighted by Gasteiger charge is -2.20. The van der Waals surface area contributed by atoms with Gasteiger partial charge in [-0.15, -0.1) is 10.2 Å². The molecule has 4 heterocycles. The molecule has 40 heavy (non-hydrogen) atoms. The van der Waals surface area contributed by atoms with E-state index < -0.39 is 5.82 Å². The summed E-state index contributed by atoms with van der Waals surface area (Å²) >= 11 is 0. The highest BCUT2D eigenvalue weighted by atomic mass is 19.1. The molecule has 208 valence electrons. The second-order valence-electron chi connectivity index (χ2n) is 11.0. The van der Waals surface area contributed by atoms with E-state index in [0.717, 1.165) is 12.8 Å². The molecule has 0 spiro atoms. The van der Waals surface area contributed by atoms with Crippen molar-refractivity contribution in [1.82, 2.24) is 40.5 Å². The second-order valence-corrected chi connectivity index (χ2v) is 11.0. The zero-order chi connectivity index (χ0) is 28.0. The molecule has 1 aromatic carbocycles. The van der Waals surface area contributed by atoms with Crippen LogP contribution in [0.25, 0.3) is 22.0 Å². The molecule has 1 fully saturated rings. The number of anilines is 1. The van der Waals surface area contributed by atoms with Crippen molar-refractivity contribution in [3.05, 3.63) is 41.7 Å². The van der Waals surface area contributed by atoms with Gasteiger partial charge >= 0.3 is 0 Å². The van der Waals surface area contributed by atoms with Crippen LogP contribution in [0.2, 0.25) is 0 Å². The lowest BCUT2D eigenvalue weighted by molar-refractivity contribution is 0.0926. The van der Waals surface area contributed by atoms with Crippen LogP contribution in [0.15, 0.2) is 24.4 Å². The van der Waals surface area contributed by atoms with Gasteiger partial charge < -0.3 is 20.1 Å². The Morgan fingerprint density at radius 2 is 1.88 bits per heavy atom. The molecular formula is C27H30FN9O3. The molecule has 2 aliphatic rings. The lowest BCUT2D eigenvalue weighted by atomic mass is 10.0. The third kappa shape index (κ3) is 4.87. The number of carbonyl (C=O) groups excluding carboxylic acids is 1. The first-order valence-electron chi connectivity index (χ1n) is 13.3. The number of aryl methyl sites for hydroxylation is 1. The van der Waals surface area contributed by atoms with E-state index in [1.807, 2.05) is 20.8 Å². The number of aromatic nitrogens is 7. The van der Waals surface area contributed by atoms with E-state index in [1.165, 1.54) is 4.80 Å². The Morgan fingerprint density at radius 3 is 2.67 bits per heavy atom. The van der Waals surface area contributed by atoms with Crippen molar-refractivity contribution in [3.63, 3.8) is 0 Å². The maximum absolute atomic E-state index is 15.8. The molecule has 12 nitrogen and oxygen atoms in total. The van der Waals surface area contributed by atoms with Gasteiger partial charge in [-0.25, -0.2) is 19.3 Å². The normalized spacial score (nSPS) is 18.6. The maximum atomic E-state index is 15.8. The quantitative estimate of drug-likeness (QED) is 0.382. The number of nitrogens with one attached hydrogen (secondary N) is 2. The van der Waals surface area contributed by atoms with E-state index in [1.54, 1.807) is 31.3 Å². The number of tetrazole rings is 1. The SMILES string of the molecule is Cc1nc(N[C@@H]2CC[C@H](NC(=O)c3nnn(C(C)(C)C)n3)C2)nc2ccc(-c3ccnc4c3OCCO4)c(F)c12. The molecule has 2 N–H and O–H groups in total. The minimum atomic E-state index is -0.426. The fraction of sp³-hybridized carbons (Fsp3) is 0.444. The fourth-order valence-corrected chi connectivity index (χ4v) is 5.06. The topological polar surface area (TPSA) is 142 Å². The van der Waals surface area contributed by atoms with Crippen molar-refractivity contribution < 1.29 is 18.7 Å². The maximum Gasteiger partial charge on any atom is 0.293 e. The molecular weight excluding hydrogens is 517 g/mol. The zero-order valence-corrected chi connectivity index (χ0v) is 22.7. The predicted octanol–water partition coefficient (Wildman–Crippen LogP) is 3.42. The molecule has 0 radical (unpaired) electrons. The van der Waals surface area contributed by atoms with E-state index in [-0.39, 0.29) is 29.4 Å². The highest BCUT2D eigenvalue weighted by Gasteiger charge is 2.29. The number of nitrogens with zero attached hydrogens (tertiary/aromatic N) is 7. The number of fused-ring (bicyclic) bond motifs is 2. The van der Waals surface area contributed by atoms with E-state index in [9.17, 15) is 4.79 Å². The van der Waals surface area contributed by atoms with Crippen LogP contribution in [0.4, 0.5) is 10.3 Å². The van der Waals surface area contributed by atoms with Crippen LogP contribution in [-0.4, -0.2) is 66.4 Å². The Bertz CT molecular complexity index is 1600. The number of rotatable bonds is 5. The minimum absolute atomic E-state index is 0.0463. The molecule has 1 aliphatic heterocycles. The number of hydrogen-bond donors (Lipinski definition) is 2. The van der Waals surface area contributed by atoms with Gasteiger partial charge in [0.1, 0.15) is 19.0 Å². The summed E-state index contributed by atoms with van der Waals surface area (Å²) in [6.07, 6.45) is 3.85. The number of ether oxygens (including phenoxy) is 2. The standard InChI is InChI=1S/C27H30FN9O3/c1-14-20-19(8-7-17(21(20)28)18-9-10-29-25-22(18)39-11-12-40-25)33-26(30-14)32-16-6-5-15(13-16)31-24(38)23-34-36-37(35-23)27(2,3)4/h7-10,15-16H,5-6,11-13H2,1-4H3,(H,31,38)(H,30,32,33)/t15-,16+/m0/s1. The number of carbonyl (C=O) groups is 1. The highest BCUT2D eigenvalue weighted by Crippen LogP contribution is 2.40. The molecule has 2 atom stereocenters. The van der Waals surface area contributed by atoms with Gasteiger partial charge in [-0.1, -0.05) is 0 Å². The number of benzene rings is 1. The van der Waals surface area contributed by atoms with Crippen molar-refractivity contribution in [2.24, 2.45) is 0 Å². The summed E-state index contributed by atoms with van der Waals surface area (Å²) in [5.41, 5.74) is 1.59. The van der Waals surface area contributed by atoms with Gasteiger partial charge in [-0.2, -0.15) is 4.80 Å². The Kier molecular flexibility index (Phi) is 6.43. The molecule has 0 saturated heterocycles. The molecule has 0 unspecified atom stereocenters. The summed E-state index contributed by atoms with van der Waals surface area (Å²) in [7, 11) is 0. The number of hydrogen-bond acceptors (Lipinski definition) is 10.